The van der Waals surface area contributed by atoms with Gasteiger partial charge in [-0.15, -0.1) is 0 Å². The van der Waals surface area contributed by atoms with E-state index in [4.69, 9.17) is 0 Å². The van der Waals surface area contributed by atoms with Crippen LogP contribution in [0.2, 0.25) is 0 Å². The van der Waals surface area contributed by atoms with Crippen molar-refractivity contribution in [2.75, 3.05) is 5.32 Å². The summed E-state index contributed by atoms with van der Waals surface area (Å²) in [7, 11) is 0. The molecule has 0 bridgehead atoms. The van der Waals surface area contributed by atoms with Crippen molar-refractivity contribution < 1.29 is 14.0 Å². The second kappa shape index (κ2) is 7.99. The van der Waals surface area contributed by atoms with Crippen molar-refractivity contribution in [2.45, 2.75) is 32.4 Å². The Morgan fingerprint density at radius 3 is 2.67 bits per heavy atom. The first-order valence-corrected chi connectivity index (χ1v) is 8.73. The first kappa shape index (κ1) is 18.6. The highest BCUT2D eigenvalue weighted by Crippen LogP contribution is 2.26. The smallest absolute Gasteiger partial charge is 0.329 e. The first-order valence-electron chi connectivity index (χ1n) is 8.73. The van der Waals surface area contributed by atoms with E-state index >= 15 is 0 Å². The van der Waals surface area contributed by atoms with E-state index in [1.165, 1.54) is 12.1 Å². The van der Waals surface area contributed by atoms with Crippen LogP contribution in [0, 0.1) is 5.82 Å². The van der Waals surface area contributed by atoms with Gasteiger partial charge in [0.25, 0.3) is 0 Å². The fourth-order valence-electron chi connectivity index (χ4n) is 2.97. The lowest BCUT2D eigenvalue weighted by Crippen LogP contribution is -2.39. The van der Waals surface area contributed by atoms with Gasteiger partial charge >= 0.3 is 11.8 Å². The number of carbonyl (C=O) groups excluding carboxylic acids is 2. The molecule has 140 valence electrons. The summed E-state index contributed by atoms with van der Waals surface area (Å²) in [4.78, 5) is 24.2. The number of hydrazone groups is 1. The fourth-order valence-corrected chi connectivity index (χ4v) is 2.97. The molecule has 2 atom stereocenters. The standard InChI is InChI=1S/C20H21FN4O2/c1-12-10-18(16-9-8-15(21)11-17(16)22-12)24-25-20(27)19(26)23-13(2)14-6-4-3-5-7-14/h3-9,11-13,22H,10H2,1-2H3,(H,23,26)(H,25,27)/t12?,13-/m0/s1. The third-order valence-corrected chi connectivity index (χ3v) is 4.34. The van der Waals surface area contributed by atoms with Gasteiger partial charge < -0.3 is 10.6 Å². The number of carbonyl (C=O) groups is 2. The van der Waals surface area contributed by atoms with Gasteiger partial charge in [-0.3, -0.25) is 9.59 Å². The molecule has 0 spiro atoms. The van der Waals surface area contributed by atoms with E-state index in [0.29, 0.717) is 23.4 Å². The van der Waals surface area contributed by atoms with Crippen molar-refractivity contribution in [3.8, 4) is 0 Å². The minimum atomic E-state index is -0.847. The summed E-state index contributed by atoms with van der Waals surface area (Å²) < 4.78 is 13.4. The highest BCUT2D eigenvalue weighted by Gasteiger charge is 2.22. The predicted octanol–water partition coefficient (Wildman–Crippen LogP) is 2.73. The van der Waals surface area contributed by atoms with Gasteiger partial charge in [0.15, 0.2) is 0 Å². The summed E-state index contributed by atoms with van der Waals surface area (Å²) in [6.45, 7) is 3.73. The van der Waals surface area contributed by atoms with E-state index in [9.17, 15) is 14.0 Å². The first-order chi connectivity index (χ1) is 12.9. The maximum Gasteiger partial charge on any atom is 0.329 e. The molecule has 3 N–H and O–H groups in total. The molecule has 1 unspecified atom stereocenters. The minimum absolute atomic E-state index is 0.0295. The molecule has 0 radical (unpaired) electrons. The number of rotatable bonds is 3. The number of anilines is 1. The molecule has 3 rings (SSSR count). The summed E-state index contributed by atoms with van der Waals surface area (Å²) in [5, 5.41) is 9.91. The van der Waals surface area contributed by atoms with E-state index in [2.05, 4.69) is 21.2 Å². The molecule has 0 fully saturated rings. The highest BCUT2D eigenvalue weighted by atomic mass is 19.1. The molecule has 1 aliphatic rings. The Morgan fingerprint density at radius 1 is 1.19 bits per heavy atom. The lowest BCUT2D eigenvalue weighted by molar-refractivity contribution is -0.139. The molecule has 0 saturated carbocycles. The summed E-state index contributed by atoms with van der Waals surface area (Å²) in [6.07, 6.45) is 0.543. The molecular weight excluding hydrogens is 347 g/mol. The molecule has 0 saturated heterocycles. The summed E-state index contributed by atoms with van der Waals surface area (Å²) in [5.41, 5.74) is 5.10. The van der Waals surface area contributed by atoms with Crippen molar-refractivity contribution in [1.82, 2.24) is 10.7 Å². The number of fused-ring (bicyclic) bond motifs is 1. The Kier molecular flexibility index (Phi) is 5.49. The van der Waals surface area contributed by atoms with E-state index in [1.54, 1.807) is 13.0 Å². The van der Waals surface area contributed by atoms with E-state index in [-0.39, 0.29) is 17.9 Å². The van der Waals surface area contributed by atoms with E-state index < -0.39 is 11.8 Å². The van der Waals surface area contributed by atoms with E-state index in [0.717, 1.165) is 5.56 Å². The largest absolute Gasteiger partial charge is 0.382 e. The molecule has 1 aliphatic heterocycles. The average molecular weight is 368 g/mol. The Bertz CT molecular complexity index is 883. The normalized spacial score (nSPS) is 18.2. The Hall–Kier alpha value is -3.22. The van der Waals surface area contributed by atoms with Gasteiger partial charge in [-0.05, 0) is 37.6 Å². The lowest BCUT2D eigenvalue weighted by atomic mass is 9.97. The number of amides is 2. The second-order valence-electron chi connectivity index (χ2n) is 6.54. The maximum absolute atomic E-state index is 13.4. The zero-order chi connectivity index (χ0) is 19.4. The molecule has 6 nitrogen and oxygen atoms in total. The predicted molar refractivity (Wildman–Crippen MR) is 102 cm³/mol. The third-order valence-electron chi connectivity index (χ3n) is 4.34. The van der Waals surface area contributed by atoms with E-state index in [1.807, 2.05) is 37.3 Å². The second-order valence-corrected chi connectivity index (χ2v) is 6.54. The van der Waals surface area contributed by atoms with Crippen molar-refractivity contribution in [3.63, 3.8) is 0 Å². The molecular formula is C20H21FN4O2. The van der Waals surface area contributed by atoms with Crippen molar-refractivity contribution in [3.05, 3.63) is 65.5 Å². The zero-order valence-electron chi connectivity index (χ0n) is 15.1. The molecule has 27 heavy (non-hydrogen) atoms. The highest BCUT2D eigenvalue weighted by molar-refractivity contribution is 6.35. The topological polar surface area (TPSA) is 82.6 Å². The quantitative estimate of drug-likeness (QED) is 0.575. The molecule has 7 heteroatoms. The molecule has 0 aromatic heterocycles. The number of nitrogens with zero attached hydrogens (tertiary/aromatic N) is 1. The van der Waals surface area contributed by atoms with Gasteiger partial charge in [0.1, 0.15) is 5.82 Å². The molecule has 2 aromatic rings. The van der Waals surface area contributed by atoms with Crippen LogP contribution in [0.15, 0.2) is 53.6 Å². The third kappa shape index (κ3) is 4.49. The van der Waals surface area contributed by atoms with Crippen molar-refractivity contribution in [1.29, 1.82) is 0 Å². The number of hydrogen-bond donors (Lipinski definition) is 3. The monoisotopic (exact) mass is 368 g/mol. The van der Waals surface area contributed by atoms with Crippen LogP contribution in [0.3, 0.4) is 0 Å². The van der Waals surface area contributed by atoms with Gasteiger partial charge in [0, 0.05) is 23.7 Å². The molecule has 2 aromatic carbocycles. The number of benzene rings is 2. The van der Waals surface area contributed by atoms with Crippen LogP contribution >= 0.6 is 0 Å². The van der Waals surface area contributed by atoms with Crippen LogP contribution in [0.5, 0.6) is 0 Å². The van der Waals surface area contributed by atoms with Crippen molar-refractivity contribution in [2.24, 2.45) is 5.10 Å². The maximum atomic E-state index is 13.4. The summed E-state index contributed by atoms with van der Waals surface area (Å²) in [5.74, 6) is -1.97. The van der Waals surface area contributed by atoms with Crippen LogP contribution in [-0.4, -0.2) is 23.6 Å². The SMILES string of the molecule is CC1CC(=NNC(=O)C(=O)N[C@@H](C)c2ccccc2)c2ccc(F)cc2N1. The average Bonchev–Trinajstić information content (AvgIpc) is 2.65. The Labute approximate surface area is 156 Å². The summed E-state index contributed by atoms with van der Waals surface area (Å²) >= 11 is 0. The van der Waals surface area contributed by atoms with Crippen LogP contribution in [-0.2, 0) is 9.59 Å². The number of halogens is 1. The Balaban J connectivity index is 1.67. The van der Waals surface area contributed by atoms with Crippen LogP contribution < -0.4 is 16.1 Å². The zero-order valence-corrected chi connectivity index (χ0v) is 15.1. The van der Waals surface area contributed by atoms with Gasteiger partial charge in [-0.25, -0.2) is 9.82 Å². The number of hydrogen-bond acceptors (Lipinski definition) is 4. The van der Waals surface area contributed by atoms with Gasteiger partial charge in [-0.1, -0.05) is 30.3 Å². The lowest BCUT2D eigenvalue weighted by Gasteiger charge is -2.25. The summed E-state index contributed by atoms with van der Waals surface area (Å²) in [6, 6.07) is 13.4. The molecule has 0 aliphatic carbocycles. The molecule has 1 heterocycles. The van der Waals surface area contributed by atoms with Crippen molar-refractivity contribution >= 4 is 23.2 Å². The fraction of sp³-hybridized carbons (Fsp3) is 0.250. The minimum Gasteiger partial charge on any atom is -0.382 e. The molecule has 2 amide bonds. The van der Waals surface area contributed by atoms with Gasteiger partial charge in [0.05, 0.1) is 11.8 Å². The van der Waals surface area contributed by atoms with Crippen LogP contribution in [0.25, 0.3) is 0 Å². The Morgan fingerprint density at radius 2 is 1.93 bits per heavy atom. The van der Waals surface area contributed by atoms with Crippen LogP contribution in [0.4, 0.5) is 10.1 Å². The number of nitrogens with one attached hydrogen (secondary N) is 3. The van der Waals surface area contributed by atoms with Crippen LogP contribution in [0.1, 0.15) is 37.4 Å². The van der Waals surface area contributed by atoms with Gasteiger partial charge in [0.2, 0.25) is 0 Å². The van der Waals surface area contributed by atoms with Gasteiger partial charge in [-0.2, -0.15) is 5.10 Å².